The number of nitrogens with one attached hydrogen (secondary N) is 3. The van der Waals surface area contributed by atoms with Crippen LogP contribution in [0.1, 0.15) is 36.0 Å². The number of carbonyl (C=O) groups is 1. The van der Waals surface area contributed by atoms with Crippen LogP contribution in [0.3, 0.4) is 0 Å². The number of benzene rings is 1. The molecule has 0 bridgehead atoms. The Labute approximate surface area is 154 Å². The SMILES string of the molecule is O=C(NCCC1CCNC1)c1ccc(S(=O)(=O)NCC2CCCO2)cc1. The predicted molar refractivity (Wildman–Crippen MR) is 98.5 cm³/mol. The van der Waals surface area contributed by atoms with E-state index >= 15 is 0 Å². The van der Waals surface area contributed by atoms with Crippen molar-refractivity contribution in [3.05, 3.63) is 29.8 Å². The molecule has 0 spiro atoms. The third-order valence-electron chi connectivity index (χ3n) is 4.95. The molecule has 3 N–H and O–H groups in total. The first-order valence-electron chi connectivity index (χ1n) is 9.25. The summed E-state index contributed by atoms with van der Waals surface area (Å²) in [6.45, 7) is 3.67. The zero-order chi connectivity index (χ0) is 18.4. The number of carbonyl (C=O) groups excluding carboxylic acids is 1. The van der Waals surface area contributed by atoms with Crippen LogP contribution in [0.2, 0.25) is 0 Å². The van der Waals surface area contributed by atoms with Crippen LogP contribution in [0.5, 0.6) is 0 Å². The van der Waals surface area contributed by atoms with E-state index in [4.69, 9.17) is 4.74 Å². The standard InChI is InChI=1S/C18H27N3O4S/c22-18(20-10-8-14-7-9-19-12-14)15-3-5-17(6-4-15)26(23,24)21-13-16-2-1-11-25-16/h3-6,14,16,19,21H,1-2,7-13H2,(H,20,22). The van der Waals surface area contributed by atoms with E-state index in [1.807, 2.05) is 0 Å². The van der Waals surface area contributed by atoms with Crippen molar-refractivity contribution in [2.75, 3.05) is 32.8 Å². The number of rotatable bonds is 8. The molecule has 1 aromatic carbocycles. The van der Waals surface area contributed by atoms with Crippen LogP contribution in [0.25, 0.3) is 0 Å². The fraction of sp³-hybridized carbons (Fsp3) is 0.611. The van der Waals surface area contributed by atoms with Crippen molar-refractivity contribution in [1.82, 2.24) is 15.4 Å². The van der Waals surface area contributed by atoms with Gasteiger partial charge in [-0.25, -0.2) is 13.1 Å². The molecular formula is C18H27N3O4S. The molecule has 2 aliphatic heterocycles. The second kappa shape index (κ2) is 8.94. The maximum Gasteiger partial charge on any atom is 0.251 e. The number of ether oxygens (including phenoxy) is 1. The van der Waals surface area contributed by atoms with E-state index < -0.39 is 10.0 Å². The molecule has 3 rings (SSSR count). The van der Waals surface area contributed by atoms with Crippen molar-refractivity contribution in [3.63, 3.8) is 0 Å². The number of sulfonamides is 1. The van der Waals surface area contributed by atoms with Crippen molar-refractivity contribution in [1.29, 1.82) is 0 Å². The molecule has 1 amide bonds. The predicted octanol–water partition coefficient (Wildman–Crippen LogP) is 0.873. The lowest BCUT2D eigenvalue weighted by atomic mass is 10.1. The Morgan fingerprint density at radius 1 is 1.23 bits per heavy atom. The van der Waals surface area contributed by atoms with Gasteiger partial charge in [0.1, 0.15) is 0 Å². The highest BCUT2D eigenvalue weighted by Crippen LogP contribution is 2.14. The third kappa shape index (κ3) is 5.26. The Morgan fingerprint density at radius 2 is 2.04 bits per heavy atom. The van der Waals surface area contributed by atoms with Crippen LogP contribution in [0.15, 0.2) is 29.2 Å². The van der Waals surface area contributed by atoms with Gasteiger partial charge in [0.25, 0.3) is 5.91 Å². The summed E-state index contributed by atoms with van der Waals surface area (Å²) in [7, 11) is -3.59. The molecule has 2 fully saturated rings. The van der Waals surface area contributed by atoms with Crippen LogP contribution < -0.4 is 15.4 Å². The summed E-state index contributed by atoms with van der Waals surface area (Å²) in [5, 5.41) is 6.21. The fourth-order valence-corrected chi connectivity index (χ4v) is 4.40. The van der Waals surface area contributed by atoms with Crippen molar-refractivity contribution < 1.29 is 17.9 Å². The molecule has 0 aliphatic carbocycles. The van der Waals surface area contributed by atoms with Crippen molar-refractivity contribution in [2.24, 2.45) is 5.92 Å². The van der Waals surface area contributed by atoms with Crippen LogP contribution in [0, 0.1) is 5.92 Å². The molecule has 2 unspecified atom stereocenters. The average molecular weight is 381 g/mol. The highest BCUT2D eigenvalue weighted by molar-refractivity contribution is 7.89. The molecular weight excluding hydrogens is 354 g/mol. The van der Waals surface area contributed by atoms with E-state index in [2.05, 4.69) is 15.4 Å². The van der Waals surface area contributed by atoms with Gasteiger partial charge in [0.05, 0.1) is 11.0 Å². The lowest BCUT2D eigenvalue weighted by molar-refractivity contribution is 0.0951. The first-order chi connectivity index (χ1) is 12.5. The average Bonchev–Trinajstić information content (AvgIpc) is 3.34. The first-order valence-corrected chi connectivity index (χ1v) is 10.7. The van der Waals surface area contributed by atoms with Gasteiger partial charge >= 0.3 is 0 Å². The molecule has 1 aromatic rings. The van der Waals surface area contributed by atoms with Crippen LogP contribution in [-0.4, -0.2) is 53.2 Å². The highest BCUT2D eigenvalue weighted by atomic mass is 32.2. The van der Waals surface area contributed by atoms with Gasteiger partial charge in [-0.2, -0.15) is 0 Å². The highest BCUT2D eigenvalue weighted by Gasteiger charge is 2.20. The maximum absolute atomic E-state index is 12.3. The number of amides is 1. The van der Waals surface area contributed by atoms with Gasteiger partial charge in [-0.3, -0.25) is 4.79 Å². The molecule has 0 saturated carbocycles. The molecule has 2 saturated heterocycles. The lowest BCUT2D eigenvalue weighted by Crippen LogP contribution is -2.32. The van der Waals surface area contributed by atoms with Crippen molar-refractivity contribution in [3.8, 4) is 0 Å². The minimum Gasteiger partial charge on any atom is -0.377 e. The fourth-order valence-electron chi connectivity index (χ4n) is 3.33. The normalized spacial score (nSPS) is 23.2. The summed E-state index contributed by atoms with van der Waals surface area (Å²) < 4.78 is 32.6. The lowest BCUT2D eigenvalue weighted by Gasteiger charge is -2.12. The summed E-state index contributed by atoms with van der Waals surface area (Å²) in [6, 6.07) is 6.03. The van der Waals surface area contributed by atoms with E-state index in [0.29, 0.717) is 24.6 Å². The van der Waals surface area contributed by atoms with E-state index in [1.54, 1.807) is 12.1 Å². The summed E-state index contributed by atoms with van der Waals surface area (Å²) in [5.41, 5.74) is 0.465. The zero-order valence-corrected chi connectivity index (χ0v) is 15.7. The molecule has 2 atom stereocenters. The second-order valence-electron chi connectivity index (χ2n) is 6.91. The summed E-state index contributed by atoms with van der Waals surface area (Å²) >= 11 is 0. The quantitative estimate of drug-likeness (QED) is 0.621. The Kier molecular flexibility index (Phi) is 6.63. The summed E-state index contributed by atoms with van der Waals surface area (Å²) in [5.74, 6) is 0.449. The zero-order valence-electron chi connectivity index (χ0n) is 14.9. The second-order valence-corrected chi connectivity index (χ2v) is 8.68. The number of hydrogen-bond donors (Lipinski definition) is 3. The smallest absolute Gasteiger partial charge is 0.251 e. The monoisotopic (exact) mass is 381 g/mol. The molecule has 7 nitrogen and oxygen atoms in total. The molecule has 26 heavy (non-hydrogen) atoms. The summed E-state index contributed by atoms with van der Waals surface area (Å²) in [6.07, 6.45) is 3.90. The van der Waals surface area contributed by atoms with E-state index in [-0.39, 0.29) is 23.5 Å². The van der Waals surface area contributed by atoms with Gasteiger partial charge in [-0.1, -0.05) is 0 Å². The van der Waals surface area contributed by atoms with Crippen molar-refractivity contribution >= 4 is 15.9 Å². The van der Waals surface area contributed by atoms with Crippen LogP contribution in [-0.2, 0) is 14.8 Å². The first kappa shape index (κ1) is 19.3. The van der Waals surface area contributed by atoms with E-state index in [0.717, 1.165) is 38.8 Å². The largest absolute Gasteiger partial charge is 0.377 e. The van der Waals surface area contributed by atoms with Crippen LogP contribution in [0.4, 0.5) is 0 Å². The Hall–Kier alpha value is -1.48. The molecule has 0 radical (unpaired) electrons. The third-order valence-corrected chi connectivity index (χ3v) is 6.39. The number of hydrogen-bond acceptors (Lipinski definition) is 5. The maximum atomic E-state index is 12.3. The Balaban J connectivity index is 1.48. The molecule has 2 aliphatic rings. The topological polar surface area (TPSA) is 96.5 Å². The van der Waals surface area contributed by atoms with Gasteiger partial charge in [-0.15, -0.1) is 0 Å². The van der Waals surface area contributed by atoms with Gasteiger partial charge in [0.2, 0.25) is 10.0 Å². The Morgan fingerprint density at radius 3 is 2.69 bits per heavy atom. The van der Waals surface area contributed by atoms with Crippen LogP contribution >= 0.6 is 0 Å². The minimum absolute atomic E-state index is 0.0510. The van der Waals surface area contributed by atoms with Gasteiger partial charge in [0.15, 0.2) is 0 Å². The molecule has 0 aromatic heterocycles. The van der Waals surface area contributed by atoms with E-state index in [1.165, 1.54) is 12.1 Å². The Bertz CT molecular complexity index is 694. The van der Waals surface area contributed by atoms with E-state index in [9.17, 15) is 13.2 Å². The van der Waals surface area contributed by atoms with Gasteiger partial charge in [-0.05, 0) is 69.0 Å². The van der Waals surface area contributed by atoms with Gasteiger partial charge in [0, 0.05) is 25.3 Å². The molecule has 8 heteroatoms. The molecule has 144 valence electrons. The minimum atomic E-state index is -3.59. The summed E-state index contributed by atoms with van der Waals surface area (Å²) in [4.78, 5) is 12.3. The van der Waals surface area contributed by atoms with Crippen molar-refractivity contribution in [2.45, 2.75) is 36.7 Å². The molecule has 2 heterocycles. The van der Waals surface area contributed by atoms with Gasteiger partial charge < -0.3 is 15.4 Å².